The van der Waals surface area contributed by atoms with Crippen molar-refractivity contribution in [3.8, 4) is 17.1 Å². The Morgan fingerprint density at radius 1 is 1.12 bits per heavy atom. The second kappa shape index (κ2) is 9.36. The summed E-state index contributed by atoms with van der Waals surface area (Å²) in [6.45, 7) is 8.68. The number of para-hydroxylation sites is 1. The number of benzene rings is 3. The van der Waals surface area contributed by atoms with E-state index in [1.165, 1.54) is 23.0 Å². The molecule has 1 heterocycles. The highest BCUT2D eigenvalue weighted by Gasteiger charge is 2.18. The lowest BCUT2D eigenvalue weighted by molar-refractivity contribution is 0.335. The molecule has 3 aromatic carbocycles. The van der Waals surface area contributed by atoms with Crippen molar-refractivity contribution >= 4 is 17.1 Å². The highest BCUT2D eigenvalue weighted by molar-refractivity contribution is 5.82. The van der Waals surface area contributed by atoms with Gasteiger partial charge in [-0.05, 0) is 72.9 Å². The van der Waals surface area contributed by atoms with Crippen LogP contribution in [-0.4, -0.2) is 22.5 Å². The first-order chi connectivity index (χ1) is 15.9. The van der Waals surface area contributed by atoms with Gasteiger partial charge >= 0.3 is 0 Å². The zero-order valence-corrected chi connectivity index (χ0v) is 19.2. The van der Waals surface area contributed by atoms with Crippen molar-refractivity contribution in [1.29, 1.82) is 0 Å². The van der Waals surface area contributed by atoms with Crippen LogP contribution in [-0.2, 0) is 0 Å². The van der Waals surface area contributed by atoms with Crippen LogP contribution in [0.5, 0.6) is 5.75 Å². The zero-order valence-electron chi connectivity index (χ0n) is 19.2. The Kier molecular flexibility index (Phi) is 6.36. The normalized spacial score (nSPS) is 11.6. The molecule has 0 bridgehead atoms. The van der Waals surface area contributed by atoms with Gasteiger partial charge in [0.05, 0.1) is 23.7 Å². The predicted molar refractivity (Wildman–Crippen MR) is 131 cm³/mol. The molecule has 6 heteroatoms. The first kappa shape index (κ1) is 22.4. The average molecular weight is 444 g/mol. The van der Waals surface area contributed by atoms with Crippen LogP contribution in [0, 0.1) is 12.7 Å². The Bertz CT molecular complexity index is 1410. The molecule has 0 atom stereocenters. The summed E-state index contributed by atoms with van der Waals surface area (Å²) in [7, 11) is 0. The van der Waals surface area contributed by atoms with Crippen LogP contribution in [0.15, 0.2) is 70.6 Å². The van der Waals surface area contributed by atoms with E-state index in [1.807, 2.05) is 38.1 Å². The molecule has 0 aliphatic rings. The minimum Gasteiger partial charge on any atom is -0.494 e. The third-order valence-corrected chi connectivity index (χ3v) is 5.44. The van der Waals surface area contributed by atoms with Crippen molar-refractivity contribution in [3.05, 3.63) is 93.5 Å². The smallest absolute Gasteiger partial charge is 0.282 e. The van der Waals surface area contributed by atoms with Crippen LogP contribution in [0.1, 0.15) is 43.4 Å². The van der Waals surface area contributed by atoms with Crippen molar-refractivity contribution < 1.29 is 9.13 Å². The molecule has 168 valence electrons. The summed E-state index contributed by atoms with van der Waals surface area (Å²) in [4.78, 5) is 18.2. The third kappa shape index (κ3) is 4.55. The summed E-state index contributed by atoms with van der Waals surface area (Å²) in [5.74, 6) is 1.09. The van der Waals surface area contributed by atoms with E-state index >= 15 is 0 Å². The van der Waals surface area contributed by atoms with Crippen LogP contribution in [0.25, 0.3) is 22.3 Å². The lowest BCUT2D eigenvalue weighted by atomic mass is 9.96. The summed E-state index contributed by atoms with van der Waals surface area (Å²) in [5.41, 5.74) is 3.59. The van der Waals surface area contributed by atoms with E-state index in [2.05, 4.69) is 18.9 Å². The molecule has 0 spiro atoms. The van der Waals surface area contributed by atoms with E-state index in [9.17, 15) is 9.18 Å². The maximum atomic E-state index is 13.6. The highest BCUT2D eigenvalue weighted by atomic mass is 19.1. The van der Waals surface area contributed by atoms with Gasteiger partial charge in [-0.3, -0.25) is 4.79 Å². The van der Waals surface area contributed by atoms with Crippen LogP contribution >= 0.6 is 0 Å². The van der Waals surface area contributed by atoms with Gasteiger partial charge in [0, 0.05) is 5.56 Å². The van der Waals surface area contributed by atoms with Crippen LogP contribution in [0.3, 0.4) is 0 Å². The molecule has 0 saturated carbocycles. The van der Waals surface area contributed by atoms with Gasteiger partial charge in [0.2, 0.25) is 0 Å². The lowest BCUT2D eigenvalue weighted by Gasteiger charge is -2.18. The average Bonchev–Trinajstić information content (AvgIpc) is 2.79. The van der Waals surface area contributed by atoms with Gasteiger partial charge in [-0.15, -0.1) is 0 Å². The zero-order chi connectivity index (χ0) is 23.5. The second-order valence-corrected chi connectivity index (χ2v) is 8.16. The first-order valence-corrected chi connectivity index (χ1v) is 11.0. The molecule has 5 nitrogen and oxygen atoms in total. The highest BCUT2D eigenvalue weighted by Crippen LogP contribution is 2.34. The lowest BCUT2D eigenvalue weighted by Crippen LogP contribution is -2.20. The van der Waals surface area contributed by atoms with Gasteiger partial charge in [0.25, 0.3) is 5.56 Å². The standard InChI is InChI=1S/C27H26FN3O2/c1-5-33-25-13-18(4)23(15-22(25)17(2)3)26-30-24-12-7-6-11-21(24)27(32)31(26)29-16-19-9-8-10-20(28)14-19/h6-17H,5H2,1-4H3. The Morgan fingerprint density at radius 3 is 2.64 bits per heavy atom. The number of nitrogens with zero attached hydrogens (tertiary/aromatic N) is 3. The minimum atomic E-state index is -0.368. The van der Waals surface area contributed by atoms with Gasteiger partial charge in [-0.2, -0.15) is 9.78 Å². The van der Waals surface area contributed by atoms with Crippen molar-refractivity contribution in [1.82, 2.24) is 9.66 Å². The third-order valence-electron chi connectivity index (χ3n) is 5.44. The fourth-order valence-electron chi connectivity index (χ4n) is 3.79. The van der Waals surface area contributed by atoms with Crippen LogP contribution in [0.2, 0.25) is 0 Å². The summed E-state index contributed by atoms with van der Waals surface area (Å²) in [6.07, 6.45) is 1.47. The molecule has 4 rings (SSSR count). The Balaban J connectivity index is 1.98. The molecular weight excluding hydrogens is 417 g/mol. The van der Waals surface area contributed by atoms with Gasteiger partial charge in [0.1, 0.15) is 11.6 Å². The fourth-order valence-corrected chi connectivity index (χ4v) is 3.79. The molecule has 0 aliphatic heterocycles. The predicted octanol–water partition coefficient (Wildman–Crippen LogP) is 5.92. The molecule has 0 aliphatic carbocycles. The molecule has 0 radical (unpaired) electrons. The molecule has 0 fully saturated rings. The summed E-state index contributed by atoms with van der Waals surface area (Å²) in [6, 6.07) is 17.3. The van der Waals surface area contributed by atoms with E-state index in [1.54, 1.807) is 24.3 Å². The number of fused-ring (bicyclic) bond motifs is 1. The molecule has 33 heavy (non-hydrogen) atoms. The van der Waals surface area contributed by atoms with Crippen LogP contribution < -0.4 is 10.3 Å². The number of hydrogen-bond acceptors (Lipinski definition) is 4. The Labute approximate surface area is 192 Å². The molecule has 4 aromatic rings. The van der Waals surface area contributed by atoms with Crippen molar-refractivity contribution in [2.45, 2.75) is 33.6 Å². The van der Waals surface area contributed by atoms with Crippen molar-refractivity contribution in [3.63, 3.8) is 0 Å². The fraction of sp³-hybridized carbons (Fsp3) is 0.222. The van der Waals surface area contributed by atoms with Gasteiger partial charge in [-0.1, -0.05) is 38.1 Å². The molecule has 0 N–H and O–H groups in total. The van der Waals surface area contributed by atoms with E-state index in [-0.39, 0.29) is 17.3 Å². The molecule has 1 aromatic heterocycles. The topological polar surface area (TPSA) is 56.5 Å². The SMILES string of the molecule is CCOc1cc(C)c(-c2nc3ccccc3c(=O)n2N=Cc2cccc(F)c2)cc1C(C)C. The minimum absolute atomic E-state index is 0.210. The number of aromatic nitrogens is 2. The first-order valence-electron chi connectivity index (χ1n) is 11.0. The maximum Gasteiger partial charge on any atom is 0.282 e. The number of ether oxygens (including phenoxy) is 1. The van der Waals surface area contributed by atoms with Gasteiger partial charge < -0.3 is 4.74 Å². The van der Waals surface area contributed by atoms with E-state index in [4.69, 9.17) is 9.72 Å². The monoisotopic (exact) mass is 443 g/mol. The summed E-state index contributed by atoms with van der Waals surface area (Å²) < 4.78 is 20.8. The number of hydrogen-bond donors (Lipinski definition) is 0. The molecule has 0 unspecified atom stereocenters. The van der Waals surface area contributed by atoms with Crippen LogP contribution in [0.4, 0.5) is 4.39 Å². The molecule has 0 saturated heterocycles. The Hall–Kier alpha value is -3.80. The van der Waals surface area contributed by atoms with Crippen molar-refractivity contribution in [2.24, 2.45) is 5.10 Å². The number of aryl methyl sites for hydroxylation is 1. The van der Waals surface area contributed by atoms with E-state index < -0.39 is 0 Å². The Morgan fingerprint density at radius 2 is 1.91 bits per heavy atom. The molecule has 0 amide bonds. The quantitative estimate of drug-likeness (QED) is 0.348. The molecular formula is C27H26FN3O2. The number of rotatable bonds is 6. The summed E-state index contributed by atoms with van der Waals surface area (Å²) >= 11 is 0. The largest absolute Gasteiger partial charge is 0.494 e. The van der Waals surface area contributed by atoms with Crippen molar-refractivity contribution in [2.75, 3.05) is 6.61 Å². The number of halogens is 1. The maximum absolute atomic E-state index is 13.6. The van der Waals surface area contributed by atoms with E-state index in [0.717, 1.165) is 22.4 Å². The van der Waals surface area contributed by atoms with Gasteiger partial charge in [-0.25, -0.2) is 9.37 Å². The van der Waals surface area contributed by atoms with Gasteiger partial charge in [0.15, 0.2) is 5.82 Å². The second-order valence-electron chi connectivity index (χ2n) is 8.16. The summed E-state index contributed by atoms with van der Waals surface area (Å²) in [5, 5.41) is 4.90. The van der Waals surface area contributed by atoms with E-state index in [0.29, 0.717) is 28.9 Å².